The zero-order valence-electron chi connectivity index (χ0n) is 16.0. The van der Waals surface area contributed by atoms with E-state index in [2.05, 4.69) is 52.9 Å². The summed E-state index contributed by atoms with van der Waals surface area (Å²) in [6.45, 7) is 5.03. The van der Waals surface area contributed by atoms with Gasteiger partial charge in [-0.3, -0.25) is 4.79 Å². The maximum absolute atomic E-state index is 12.1. The summed E-state index contributed by atoms with van der Waals surface area (Å²) in [4.78, 5) is 12.1. The standard InChI is InChI=1S/C20H27N5OS/c1-15(2)17-8-10-18(11-9-17)25-20(22-23-24-25)27-14-19(26)21-13-12-16-6-4-3-5-7-16/h6,8-11,15H,3-5,7,12-14H2,1-2H3,(H,21,26). The molecule has 3 rings (SSSR count). The number of amides is 1. The molecular weight excluding hydrogens is 358 g/mol. The molecule has 1 aromatic heterocycles. The van der Waals surface area contributed by atoms with Crippen molar-refractivity contribution in [1.29, 1.82) is 0 Å². The van der Waals surface area contributed by atoms with E-state index < -0.39 is 0 Å². The average molecular weight is 386 g/mol. The highest BCUT2D eigenvalue weighted by molar-refractivity contribution is 7.99. The Morgan fingerprint density at radius 1 is 1.26 bits per heavy atom. The Bertz CT molecular complexity index is 782. The Hall–Kier alpha value is -2.15. The fourth-order valence-corrected chi connectivity index (χ4v) is 3.83. The molecule has 0 saturated carbocycles. The summed E-state index contributed by atoms with van der Waals surface area (Å²) in [5, 5.41) is 15.5. The van der Waals surface area contributed by atoms with E-state index in [0.29, 0.717) is 23.4 Å². The highest BCUT2D eigenvalue weighted by atomic mass is 32.2. The van der Waals surface area contributed by atoms with Gasteiger partial charge >= 0.3 is 0 Å². The highest BCUT2D eigenvalue weighted by Crippen LogP contribution is 2.21. The van der Waals surface area contributed by atoms with Gasteiger partial charge in [0.25, 0.3) is 0 Å². The van der Waals surface area contributed by atoms with Gasteiger partial charge in [-0.1, -0.05) is 49.4 Å². The first-order valence-corrected chi connectivity index (χ1v) is 10.6. The number of carbonyl (C=O) groups excluding carboxylic acids is 1. The monoisotopic (exact) mass is 385 g/mol. The maximum atomic E-state index is 12.1. The first-order chi connectivity index (χ1) is 13.1. The van der Waals surface area contributed by atoms with E-state index in [1.807, 2.05) is 12.1 Å². The van der Waals surface area contributed by atoms with Gasteiger partial charge in [0, 0.05) is 6.54 Å². The summed E-state index contributed by atoms with van der Waals surface area (Å²) in [5.41, 5.74) is 3.65. The number of tetrazole rings is 1. The molecule has 2 aromatic rings. The molecule has 27 heavy (non-hydrogen) atoms. The van der Waals surface area contributed by atoms with Crippen LogP contribution in [0.3, 0.4) is 0 Å². The van der Waals surface area contributed by atoms with Crippen LogP contribution >= 0.6 is 11.8 Å². The number of nitrogens with one attached hydrogen (secondary N) is 1. The molecule has 7 heteroatoms. The molecule has 0 radical (unpaired) electrons. The summed E-state index contributed by atoms with van der Waals surface area (Å²) in [6.07, 6.45) is 8.20. The molecule has 1 heterocycles. The second kappa shape index (κ2) is 9.69. The minimum absolute atomic E-state index is 0.0149. The normalized spacial score (nSPS) is 14.3. The Morgan fingerprint density at radius 3 is 2.78 bits per heavy atom. The summed E-state index contributed by atoms with van der Waals surface area (Å²) >= 11 is 1.35. The molecule has 1 N–H and O–H groups in total. The molecule has 1 aromatic carbocycles. The number of benzene rings is 1. The van der Waals surface area contributed by atoms with Crippen LogP contribution in [0.15, 0.2) is 41.1 Å². The average Bonchev–Trinajstić information content (AvgIpc) is 3.16. The molecule has 1 aliphatic carbocycles. The third-order valence-electron chi connectivity index (χ3n) is 4.73. The van der Waals surface area contributed by atoms with Crippen molar-refractivity contribution in [1.82, 2.24) is 25.5 Å². The lowest BCUT2D eigenvalue weighted by Gasteiger charge is -2.12. The van der Waals surface area contributed by atoms with E-state index in [-0.39, 0.29) is 5.91 Å². The number of nitrogens with zero attached hydrogens (tertiary/aromatic N) is 4. The lowest BCUT2D eigenvalue weighted by molar-refractivity contribution is -0.118. The van der Waals surface area contributed by atoms with Crippen LogP contribution in [0.2, 0.25) is 0 Å². The van der Waals surface area contributed by atoms with Gasteiger partial charge < -0.3 is 5.32 Å². The Morgan fingerprint density at radius 2 is 2.07 bits per heavy atom. The van der Waals surface area contributed by atoms with Crippen LogP contribution in [-0.4, -0.2) is 38.4 Å². The zero-order valence-corrected chi connectivity index (χ0v) is 16.8. The summed E-state index contributed by atoms with van der Waals surface area (Å²) in [5.74, 6) is 0.805. The number of rotatable bonds is 8. The van der Waals surface area contributed by atoms with Crippen molar-refractivity contribution < 1.29 is 4.79 Å². The second-order valence-electron chi connectivity index (χ2n) is 7.12. The van der Waals surface area contributed by atoms with Gasteiger partial charge in [0.1, 0.15) is 0 Å². The number of aromatic nitrogens is 4. The molecule has 6 nitrogen and oxygen atoms in total. The van der Waals surface area contributed by atoms with Gasteiger partial charge in [0.15, 0.2) is 0 Å². The number of thioether (sulfide) groups is 1. The molecule has 0 atom stereocenters. The van der Waals surface area contributed by atoms with Crippen LogP contribution in [0.5, 0.6) is 0 Å². The largest absolute Gasteiger partial charge is 0.355 e. The van der Waals surface area contributed by atoms with E-state index in [1.165, 1.54) is 48.6 Å². The van der Waals surface area contributed by atoms with Crippen molar-refractivity contribution in [3.8, 4) is 5.69 Å². The van der Waals surface area contributed by atoms with Crippen molar-refractivity contribution in [2.45, 2.75) is 57.0 Å². The van der Waals surface area contributed by atoms with Gasteiger partial charge in [-0.15, -0.1) is 5.10 Å². The van der Waals surface area contributed by atoms with Gasteiger partial charge in [-0.05, 0) is 66.1 Å². The molecular formula is C20H27N5OS. The SMILES string of the molecule is CC(C)c1ccc(-n2nnnc2SCC(=O)NCCC2=CCCCC2)cc1. The number of allylic oxidation sites excluding steroid dienone is 1. The van der Waals surface area contributed by atoms with Crippen LogP contribution in [0.1, 0.15) is 57.4 Å². The second-order valence-corrected chi connectivity index (χ2v) is 8.06. The molecule has 0 fully saturated rings. The third-order valence-corrected chi connectivity index (χ3v) is 5.65. The van der Waals surface area contributed by atoms with Crippen LogP contribution in [0.25, 0.3) is 5.69 Å². The van der Waals surface area contributed by atoms with E-state index in [0.717, 1.165) is 12.1 Å². The molecule has 0 saturated heterocycles. The first kappa shape index (κ1) is 19.6. The minimum Gasteiger partial charge on any atom is -0.355 e. The highest BCUT2D eigenvalue weighted by Gasteiger charge is 2.12. The fraction of sp³-hybridized carbons (Fsp3) is 0.500. The van der Waals surface area contributed by atoms with Crippen molar-refractivity contribution in [2.24, 2.45) is 0 Å². The van der Waals surface area contributed by atoms with Crippen molar-refractivity contribution in [3.63, 3.8) is 0 Å². The van der Waals surface area contributed by atoms with Gasteiger partial charge in [0.05, 0.1) is 11.4 Å². The van der Waals surface area contributed by atoms with E-state index >= 15 is 0 Å². The summed E-state index contributed by atoms with van der Waals surface area (Å²) < 4.78 is 1.68. The molecule has 0 unspecified atom stereocenters. The van der Waals surface area contributed by atoms with Gasteiger partial charge in [0.2, 0.25) is 11.1 Å². The minimum atomic E-state index is 0.0149. The van der Waals surface area contributed by atoms with E-state index in [9.17, 15) is 4.79 Å². The summed E-state index contributed by atoms with van der Waals surface area (Å²) in [6, 6.07) is 8.19. The Labute approximate surface area is 164 Å². The molecule has 0 spiro atoms. The van der Waals surface area contributed by atoms with Crippen LogP contribution < -0.4 is 5.32 Å². The molecule has 1 aliphatic rings. The van der Waals surface area contributed by atoms with E-state index in [1.54, 1.807) is 4.68 Å². The quantitative estimate of drug-likeness (QED) is 0.551. The Balaban J connectivity index is 1.49. The smallest absolute Gasteiger partial charge is 0.230 e. The predicted molar refractivity (Wildman–Crippen MR) is 108 cm³/mol. The molecule has 0 bridgehead atoms. The van der Waals surface area contributed by atoms with Gasteiger partial charge in [-0.2, -0.15) is 4.68 Å². The third kappa shape index (κ3) is 5.66. The number of carbonyl (C=O) groups is 1. The molecule has 1 amide bonds. The maximum Gasteiger partial charge on any atom is 0.230 e. The van der Waals surface area contributed by atoms with Crippen molar-refractivity contribution in [3.05, 3.63) is 41.5 Å². The number of hydrogen-bond acceptors (Lipinski definition) is 5. The predicted octanol–water partition coefficient (Wildman–Crippen LogP) is 3.88. The number of hydrogen-bond donors (Lipinski definition) is 1. The lowest BCUT2D eigenvalue weighted by atomic mass is 9.97. The zero-order chi connectivity index (χ0) is 19.1. The van der Waals surface area contributed by atoms with Crippen molar-refractivity contribution in [2.75, 3.05) is 12.3 Å². The molecule has 144 valence electrons. The van der Waals surface area contributed by atoms with E-state index in [4.69, 9.17) is 0 Å². The van der Waals surface area contributed by atoms with Crippen LogP contribution in [0, 0.1) is 0 Å². The fourth-order valence-electron chi connectivity index (χ4n) is 3.11. The van der Waals surface area contributed by atoms with Crippen molar-refractivity contribution >= 4 is 17.7 Å². The van der Waals surface area contributed by atoms with Crippen LogP contribution in [0.4, 0.5) is 0 Å². The Kier molecular flexibility index (Phi) is 7.04. The topological polar surface area (TPSA) is 72.7 Å². The van der Waals surface area contributed by atoms with Gasteiger partial charge in [-0.25, -0.2) is 0 Å². The first-order valence-electron chi connectivity index (χ1n) is 9.59. The van der Waals surface area contributed by atoms with Crippen LogP contribution in [-0.2, 0) is 4.79 Å². The molecule has 0 aliphatic heterocycles. The summed E-state index contributed by atoms with van der Waals surface area (Å²) in [7, 11) is 0. The lowest BCUT2D eigenvalue weighted by Crippen LogP contribution is -2.26.